The molecule has 1 atom stereocenters. The number of halogens is 1. The van der Waals surface area contributed by atoms with Gasteiger partial charge in [0.1, 0.15) is 0 Å². The minimum atomic E-state index is -0.935. The summed E-state index contributed by atoms with van der Waals surface area (Å²) in [5.41, 5.74) is 1.57. The Labute approximate surface area is 151 Å². The molecule has 0 fully saturated rings. The van der Waals surface area contributed by atoms with Crippen LogP contribution in [0, 0.1) is 11.3 Å². The van der Waals surface area contributed by atoms with E-state index in [0.29, 0.717) is 6.04 Å². The van der Waals surface area contributed by atoms with Gasteiger partial charge in [-0.2, -0.15) is 5.26 Å². The number of carboxylic acids is 1. The minimum absolute atomic E-state index is 0. The van der Waals surface area contributed by atoms with Gasteiger partial charge in [0.15, 0.2) is 0 Å². The number of hydrogen-bond donors (Lipinski definition) is 3. The topological polar surface area (TPSA) is 140 Å². The van der Waals surface area contributed by atoms with Gasteiger partial charge >= 0.3 is 5.97 Å². The smallest absolute Gasteiger partial charge is 0.330 e. The Balaban J connectivity index is -0.0000000807. The van der Waals surface area contributed by atoms with Gasteiger partial charge < -0.3 is 22.1 Å². The summed E-state index contributed by atoms with van der Waals surface area (Å²) in [4.78, 5) is 9.60. The number of aliphatic carboxylic acids is 1. The Kier molecular flexibility index (Phi) is 32.2. The Hall–Kier alpha value is -2.17. The van der Waals surface area contributed by atoms with Crippen LogP contribution in [0.2, 0.25) is 0 Å². The number of hydrogen-bond acceptors (Lipinski definition) is 4. The van der Waals surface area contributed by atoms with Crippen molar-refractivity contribution in [2.24, 2.45) is 0 Å². The first-order valence-corrected chi connectivity index (χ1v) is 6.49. The molecular weight excluding hydrogens is 330 g/mol. The van der Waals surface area contributed by atoms with E-state index in [1.165, 1.54) is 18.6 Å². The number of carboxylic acid groups (broad SMARTS) is 1. The van der Waals surface area contributed by atoms with E-state index in [1.807, 2.05) is 13.1 Å². The van der Waals surface area contributed by atoms with E-state index in [1.54, 1.807) is 6.07 Å². The number of nitrogens with one attached hydrogen (secondary N) is 1. The van der Waals surface area contributed by atoms with Crippen LogP contribution in [0.3, 0.4) is 0 Å². The van der Waals surface area contributed by atoms with Gasteiger partial charge in [0.25, 0.3) is 0 Å². The average molecular weight is 360 g/mol. The molecule has 0 aliphatic rings. The van der Waals surface area contributed by atoms with Crippen molar-refractivity contribution in [3.8, 4) is 6.07 Å². The van der Waals surface area contributed by atoms with Gasteiger partial charge in [-0.25, -0.2) is 4.79 Å². The van der Waals surface area contributed by atoms with Crippen LogP contribution in [0.25, 0.3) is 0 Å². The molecule has 7 N–H and O–H groups in total. The van der Waals surface area contributed by atoms with Gasteiger partial charge in [-0.15, -0.1) is 12.4 Å². The Morgan fingerprint density at radius 1 is 1.42 bits per heavy atom. The molecule has 6 nitrogen and oxygen atoms in total. The Bertz CT molecular complexity index is 462. The van der Waals surface area contributed by atoms with Crippen LogP contribution in [0.5, 0.6) is 0 Å². The van der Waals surface area contributed by atoms with Gasteiger partial charge in [-0.05, 0) is 32.9 Å². The predicted octanol–water partition coefficient (Wildman–Crippen LogP) is 2.94. The number of carbonyl (C=O) groups is 1. The third kappa shape index (κ3) is 24.8. The second-order valence-electron chi connectivity index (χ2n) is 4.30. The zero-order valence-corrected chi connectivity index (χ0v) is 15.4. The molecule has 0 saturated carbocycles. The van der Waals surface area contributed by atoms with E-state index in [2.05, 4.69) is 49.7 Å². The van der Waals surface area contributed by atoms with E-state index >= 15 is 0 Å². The van der Waals surface area contributed by atoms with Crippen molar-refractivity contribution in [2.75, 3.05) is 7.05 Å². The van der Waals surface area contributed by atoms with Gasteiger partial charge in [-0.1, -0.05) is 43.5 Å². The summed E-state index contributed by atoms with van der Waals surface area (Å²) in [5, 5.41) is 18.6. The molecule has 24 heavy (non-hydrogen) atoms. The second kappa shape index (κ2) is 23.1. The third-order valence-electron chi connectivity index (χ3n) is 2.33. The fraction of sp³-hybridized carbons (Fsp3) is 0.294. The third-order valence-corrected chi connectivity index (χ3v) is 2.33. The largest absolute Gasteiger partial charge is 0.478 e. The van der Waals surface area contributed by atoms with Crippen LogP contribution in [0.4, 0.5) is 0 Å². The maximum Gasteiger partial charge on any atom is 0.330 e. The lowest BCUT2D eigenvalue weighted by Gasteiger charge is -2.08. The van der Waals surface area contributed by atoms with Crippen LogP contribution in [0.15, 0.2) is 55.1 Å². The first kappa shape index (κ1) is 33.4. The van der Waals surface area contributed by atoms with Crippen LogP contribution in [0.1, 0.15) is 19.4 Å². The van der Waals surface area contributed by atoms with E-state index in [9.17, 15) is 4.79 Å². The molecule has 0 amide bonds. The summed E-state index contributed by atoms with van der Waals surface area (Å²) in [6, 6.07) is 12.8. The predicted molar refractivity (Wildman–Crippen MR) is 103 cm³/mol. The molecule has 138 valence electrons. The van der Waals surface area contributed by atoms with Crippen molar-refractivity contribution in [1.29, 1.82) is 5.26 Å². The van der Waals surface area contributed by atoms with E-state index in [0.717, 1.165) is 6.42 Å². The monoisotopic (exact) mass is 359 g/mol. The highest BCUT2D eigenvalue weighted by Crippen LogP contribution is 2.01. The van der Waals surface area contributed by atoms with Crippen molar-refractivity contribution in [3.05, 3.63) is 60.7 Å². The molecule has 0 radical (unpaired) electrons. The number of likely N-dealkylation sites (N-methyl/N-ethyl adjacent to an activating group) is 1. The molecular formula is C17H30ClN3O3. The van der Waals surface area contributed by atoms with Crippen molar-refractivity contribution < 1.29 is 15.4 Å². The van der Waals surface area contributed by atoms with Crippen LogP contribution in [-0.4, -0.2) is 29.6 Å². The number of benzene rings is 1. The molecule has 0 aromatic heterocycles. The summed E-state index contributed by atoms with van der Waals surface area (Å²) in [5.74, 6) is -0.935. The van der Waals surface area contributed by atoms with Crippen LogP contribution < -0.4 is 11.5 Å². The molecule has 0 saturated heterocycles. The molecule has 7 heteroatoms. The van der Waals surface area contributed by atoms with Crippen molar-refractivity contribution in [2.45, 2.75) is 26.3 Å². The number of nitriles is 1. The van der Waals surface area contributed by atoms with Crippen LogP contribution >= 0.6 is 12.4 Å². The molecule has 1 aromatic rings. The molecule has 0 bridgehead atoms. The molecule has 0 spiro atoms. The van der Waals surface area contributed by atoms with Gasteiger partial charge in [-0.3, -0.25) is 0 Å². The van der Waals surface area contributed by atoms with E-state index in [-0.39, 0.29) is 29.6 Å². The number of allylic oxidation sites excluding steroid dienone is 1. The molecule has 1 aromatic carbocycles. The maximum atomic E-state index is 9.60. The van der Waals surface area contributed by atoms with E-state index < -0.39 is 5.97 Å². The molecule has 0 heterocycles. The highest BCUT2D eigenvalue weighted by Gasteiger charge is 1.97. The average Bonchev–Trinajstić information content (AvgIpc) is 2.49. The normalized spacial score (nSPS) is 8.42. The highest BCUT2D eigenvalue weighted by atomic mass is 35.5. The summed E-state index contributed by atoms with van der Waals surface area (Å²) in [6.45, 7) is 9.91. The summed E-state index contributed by atoms with van der Waals surface area (Å²) in [7, 11) is 1.99. The lowest BCUT2D eigenvalue weighted by atomic mass is 10.1. The SMILES string of the molecule is C=C(C)C(=O)O.C=CC#N.CN[C@@H](C)Cc1ccccc1.Cl.N.O. The summed E-state index contributed by atoms with van der Waals surface area (Å²) >= 11 is 0. The Morgan fingerprint density at radius 3 is 2.04 bits per heavy atom. The van der Waals surface area contributed by atoms with Gasteiger partial charge in [0, 0.05) is 17.7 Å². The first-order valence-electron chi connectivity index (χ1n) is 6.49. The van der Waals surface area contributed by atoms with Crippen molar-refractivity contribution in [1.82, 2.24) is 11.5 Å². The van der Waals surface area contributed by atoms with Gasteiger partial charge in [0.05, 0.1) is 6.07 Å². The standard InChI is InChI=1S/C10H15N.C4H6O2.C3H3N.ClH.H3N.H2O/c1-9(11-2)8-10-6-4-3-5-7-10;1-3(2)4(5)6;1-2-3-4;;;/h3-7,9,11H,8H2,1-2H3;1H2,2H3,(H,5,6);2H,1H2;1H;1H3;1H2/t9-;;;;;/m0...../s1. The minimum Gasteiger partial charge on any atom is -0.478 e. The summed E-state index contributed by atoms with van der Waals surface area (Å²) in [6.07, 6.45) is 2.29. The van der Waals surface area contributed by atoms with Crippen molar-refractivity contribution >= 4 is 18.4 Å². The van der Waals surface area contributed by atoms with Crippen LogP contribution in [-0.2, 0) is 11.2 Å². The molecule has 1 rings (SSSR count). The lowest BCUT2D eigenvalue weighted by Crippen LogP contribution is -2.23. The maximum absolute atomic E-state index is 9.60. The first-order chi connectivity index (χ1) is 9.88. The number of nitrogens with zero attached hydrogens (tertiary/aromatic N) is 1. The highest BCUT2D eigenvalue weighted by molar-refractivity contribution is 5.85. The zero-order valence-electron chi connectivity index (χ0n) is 14.6. The Morgan fingerprint density at radius 2 is 1.79 bits per heavy atom. The zero-order chi connectivity index (χ0) is 16.7. The fourth-order valence-corrected chi connectivity index (χ4v) is 1.07. The second-order valence-corrected chi connectivity index (χ2v) is 4.30. The lowest BCUT2D eigenvalue weighted by molar-refractivity contribution is -0.132. The molecule has 0 unspecified atom stereocenters. The van der Waals surface area contributed by atoms with E-state index in [4.69, 9.17) is 10.4 Å². The quantitative estimate of drug-likeness (QED) is 0.560. The summed E-state index contributed by atoms with van der Waals surface area (Å²) < 4.78 is 0. The number of rotatable bonds is 4. The molecule has 0 aliphatic heterocycles. The van der Waals surface area contributed by atoms with Crippen molar-refractivity contribution in [3.63, 3.8) is 0 Å². The fourth-order valence-electron chi connectivity index (χ4n) is 1.07. The van der Waals surface area contributed by atoms with Gasteiger partial charge in [0.2, 0.25) is 0 Å². The molecule has 0 aliphatic carbocycles.